The van der Waals surface area contributed by atoms with E-state index in [0.717, 1.165) is 16.7 Å². The largest absolute Gasteiger partial charge is 0.508 e. The first kappa shape index (κ1) is 31.9. The summed E-state index contributed by atoms with van der Waals surface area (Å²) in [5.41, 5.74) is 2.31. The third kappa shape index (κ3) is 9.51. The minimum absolute atomic E-state index is 0.0894. The van der Waals surface area contributed by atoms with Gasteiger partial charge in [-0.2, -0.15) is 0 Å². The van der Waals surface area contributed by atoms with Gasteiger partial charge in [0.15, 0.2) is 0 Å². The predicted octanol–water partition coefficient (Wildman–Crippen LogP) is 5.77. The molecule has 3 N–H and O–H groups in total. The fourth-order valence-corrected chi connectivity index (χ4v) is 4.54. The van der Waals surface area contributed by atoms with Gasteiger partial charge in [0.2, 0.25) is 11.8 Å². The van der Waals surface area contributed by atoms with Gasteiger partial charge in [-0.05, 0) is 67.6 Å². The molecule has 8 heteroatoms. The first-order valence-electron chi connectivity index (χ1n) is 14.1. The molecule has 2 unspecified atom stereocenters. The fourth-order valence-electron chi connectivity index (χ4n) is 4.54. The Hall–Kier alpha value is -4.59. The molecule has 3 aromatic carbocycles. The van der Waals surface area contributed by atoms with Crippen LogP contribution in [0.3, 0.4) is 0 Å². The van der Waals surface area contributed by atoms with Gasteiger partial charge in [-0.3, -0.25) is 9.59 Å². The highest BCUT2D eigenvalue weighted by Crippen LogP contribution is 2.25. The maximum atomic E-state index is 14.4. The van der Waals surface area contributed by atoms with E-state index in [2.05, 4.69) is 17.2 Å². The van der Waals surface area contributed by atoms with Crippen LogP contribution in [0.4, 0.5) is 4.79 Å². The molecule has 0 aromatic heterocycles. The molecule has 0 saturated carbocycles. The highest BCUT2D eigenvalue weighted by Gasteiger charge is 2.36. The van der Waals surface area contributed by atoms with Crippen LogP contribution in [-0.4, -0.2) is 46.1 Å². The first-order chi connectivity index (χ1) is 20.0. The molecular formula is C34H41N3O5. The number of ether oxygens (including phenoxy) is 1. The lowest BCUT2D eigenvalue weighted by Crippen LogP contribution is -2.54. The second-order valence-electron chi connectivity index (χ2n) is 11.1. The van der Waals surface area contributed by atoms with Crippen LogP contribution in [0.5, 0.6) is 5.75 Å². The van der Waals surface area contributed by atoms with Crippen LogP contribution in [0.15, 0.2) is 85.4 Å². The van der Waals surface area contributed by atoms with Gasteiger partial charge in [-0.1, -0.05) is 80.2 Å². The number of nitrogens with one attached hydrogen (secondary N) is 2. The zero-order chi connectivity index (χ0) is 30.7. The van der Waals surface area contributed by atoms with Crippen LogP contribution < -0.4 is 10.6 Å². The van der Waals surface area contributed by atoms with E-state index in [0.29, 0.717) is 18.5 Å². The highest BCUT2D eigenvalue weighted by atomic mass is 16.6. The highest BCUT2D eigenvalue weighted by molar-refractivity contribution is 5.92. The summed E-state index contributed by atoms with van der Waals surface area (Å²) in [5.74, 6) is -0.686. The summed E-state index contributed by atoms with van der Waals surface area (Å²) in [4.78, 5) is 42.7. The van der Waals surface area contributed by atoms with Gasteiger partial charge < -0.3 is 25.4 Å². The standard InChI is InChI=1S/C34H41N3O5/c1-6-20-37(32(40)29(36-33(41)42-34(3,4)5)22-25-16-18-28(38)19-17-25)30(27-15-11-14-24(7-2)21-27)31(39)35-23-26-12-9-8-10-13-26/h7-19,21,29-30,38H,2,6,20,22-23H2,1,3-5H3,(H,35,39)(H,36,41). The molecule has 0 heterocycles. The number of phenolic OH excluding ortho intramolecular Hbond substituents is 1. The van der Waals surface area contributed by atoms with Crippen LogP contribution in [0.1, 0.15) is 62.4 Å². The Morgan fingerprint density at radius 3 is 2.29 bits per heavy atom. The van der Waals surface area contributed by atoms with E-state index in [1.807, 2.05) is 61.5 Å². The van der Waals surface area contributed by atoms with Crippen molar-refractivity contribution in [2.24, 2.45) is 0 Å². The lowest BCUT2D eigenvalue weighted by molar-refractivity contribution is -0.142. The zero-order valence-corrected chi connectivity index (χ0v) is 24.8. The second-order valence-corrected chi connectivity index (χ2v) is 11.1. The number of alkyl carbamates (subject to hydrolysis) is 1. The maximum absolute atomic E-state index is 14.4. The van der Waals surface area contributed by atoms with E-state index < -0.39 is 29.7 Å². The smallest absolute Gasteiger partial charge is 0.408 e. The van der Waals surface area contributed by atoms with Crippen molar-refractivity contribution in [2.45, 2.75) is 64.8 Å². The van der Waals surface area contributed by atoms with Gasteiger partial charge in [-0.15, -0.1) is 0 Å². The fraction of sp³-hybridized carbons (Fsp3) is 0.324. The second kappa shape index (κ2) is 14.9. The first-order valence-corrected chi connectivity index (χ1v) is 14.1. The number of amides is 3. The van der Waals surface area contributed by atoms with Crippen LogP contribution >= 0.6 is 0 Å². The molecule has 8 nitrogen and oxygen atoms in total. The normalized spacial score (nSPS) is 12.5. The minimum Gasteiger partial charge on any atom is -0.508 e. The molecule has 0 aliphatic rings. The zero-order valence-electron chi connectivity index (χ0n) is 24.8. The number of hydrogen-bond acceptors (Lipinski definition) is 5. The van der Waals surface area contributed by atoms with Gasteiger partial charge in [0.05, 0.1) is 0 Å². The van der Waals surface area contributed by atoms with Crippen molar-refractivity contribution in [3.05, 3.63) is 108 Å². The van der Waals surface area contributed by atoms with Crippen molar-refractivity contribution in [3.63, 3.8) is 0 Å². The Morgan fingerprint density at radius 2 is 1.67 bits per heavy atom. The van der Waals surface area contributed by atoms with Crippen molar-refractivity contribution in [2.75, 3.05) is 6.54 Å². The number of rotatable bonds is 12. The molecule has 0 spiro atoms. The lowest BCUT2D eigenvalue weighted by Gasteiger charge is -2.34. The van der Waals surface area contributed by atoms with Crippen LogP contribution in [0, 0.1) is 0 Å². The van der Waals surface area contributed by atoms with Crippen LogP contribution in [-0.2, 0) is 27.3 Å². The molecule has 0 saturated heterocycles. The topological polar surface area (TPSA) is 108 Å². The monoisotopic (exact) mass is 571 g/mol. The summed E-state index contributed by atoms with van der Waals surface area (Å²) < 4.78 is 5.47. The Bertz CT molecular complexity index is 1350. The van der Waals surface area contributed by atoms with Crippen molar-refractivity contribution in [1.29, 1.82) is 0 Å². The van der Waals surface area contributed by atoms with Crippen molar-refractivity contribution < 1.29 is 24.2 Å². The summed E-state index contributed by atoms with van der Waals surface area (Å²) in [5, 5.41) is 15.5. The van der Waals surface area contributed by atoms with Gasteiger partial charge in [0.1, 0.15) is 23.4 Å². The average Bonchev–Trinajstić information content (AvgIpc) is 2.96. The molecule has 2 atom stereocenters. The van der Waals surface area contributed by atoms with Crippen LogP contribution in [0.25, 0.3) is 6.08 Å². The Labute approximate surface area is 248 Å². The number of phenols is 1. The maximum Gasteiger partial charge on any atom is 0.408 e. The Balaban J connectivity index is 2.01. The molecule has 0 aliphatic carbocycles. The van der Waals surface area contributed by atoms with E-state index in [-0.39, 0.29) is 24.6 Å². The molecule has 222 valence electrons. The van der Waals surface area contributed by atoms with Crippen molar-refractivity contribution in [1.82, 2.24) is 15.5 Å². The van der Waals surface area contributed by atoms with Gasteiger partial charge >= 0.3 is 6.09 Å². The van der Waals surface area contributed by atoms with Gasteiger partial charge in [-0.25, -0.2) is 4.79 Å². The number of aromatic hydroxyl groups is 1. The Kier molecular flexibility index (Phi) is 11.3. The molecule has 3 amide bonds. The SMILES string of the molecule is C=Cc1cccc(C(C(=O)NCc2ccccc2)N(CCC)C(=O)C(Cc2ccc(O)cc2)NC(=O)OC(C)(C)C)c1. The van der Waals surface area contributed by atoms with Gasteiger partial charge in [0.25, 0.3) is 0 Å². The summed E-state index contributed by atoms with van der Waals surface area (Å²) in [6.45, 7) is 11.6. The number of carbonyl (C=O) groups excluding carboxylic acids is 3. The third-order valence-corrected chi connectivity index (χ3v) is 6.44. The van der Waals surface area contributed by atoms with Crippen molar-refractivity contribution in [3.8, 4) is 5.75 Å². The molecule has 0 aliphatic heterocycles. The summed E-state index contributed by atoms with van der Waals surface area (Å²) >= 11 is 0. The summed E-state index contributed by atoms with van der Waals surface area (Å²) in [6, 6.07) is 21.3. The van der Waals surface area contributed by atoms with E-state index in [1.54, 1.807) is 39.0 Å². The van der Waals surface area contributed by atoms with Crippen molar-refractivity contribution >= 4 is 24.0 Å². The number of nitrogens with zero attached hydrogens (tertiary/aromatic N) is 1. The number of benzene rings is 3. The van der Waals surface area contributed by atoms with E-state index in [4.69, 9.17) is 4.74 Å². The predicted molar refractivity (Wildman–Crippen MR) is 165 cm³/mol. The summed E-state index contributed by atoms with van der Waals surface area (Å²) in [7, 11) is 0. The van der Waals surface area contributed by atoms with E-state index in [9.17, 15) is 19.5 Å². The molecule has 0 bridgehead atoms. The number of carbonyl (C=O) groups is 3. The third-order valence-electron chi connectivity index (χ3n) is 6.44. The molecule has 0 radical (unpaired) electrons. The molecular weight excluding hydrogens is 530 g/mol. The molecule has 0 fully saturated rings. The quantitative estimate of drug-likeness (QED) is 0.256. The lowest BCUT2D eigenvalue weighted by atomic mass is 9.98. The molecule has 3 rings (SSSR count). The molecule has 3 aromatic rings. The van der Waals surface area contributed by atoms with Crippen LogP contribution in [0.2, 0.25) is 0 Å². The molecule has 42 heavy (non-hydrogen) atoms. The van der Waals surface area contributed by atoms with E-state index in [1.165, 1.54) is 17.0 Å². The average molecular weight is 572 g/mol. The van der Waals surface area contributed by atoms with E-state index >= 15 is 0 Å². The Morgan fingerprint density at radius 1 is 0.976 bits per heavy atom. The number of hydrogen-bond donors (Lipinski definition) is 3. The van der Waals surface area contributed by atoms with Gasteiger partial charge in [0, 0.05) is 19.5 Å². The summed E-state index contributed by atoms with van der Waals surface area (Å²) in [6.07, 6.45) is 1.65. The minimum atomic E-state index is -1.04.